The van der Waals surface area contributed by atoms with Crippen LogP contribution < -0.4 is 10.9 Å². The third-order valence-electron chi connectivity index (χ3n) is 2.32. The Morgan fingerprint density at radius 2 is 2.11 bits per heavy atom. The van der Waals surface area contributed by atoms with E-state index in [0.717, 1.165) is 0 Å². The predicted molar refractivity (Wildman–Crippen MR) is 64.1 cm³/mol. The number of aromatic nitrogens is 2. The molecule has 0 saturated carbocycles. The van der Waals surface area contributed by atoms with E-state index >= 15 is 0 Å². The van der Waals surface area contributed by atoms with Gasteiger partial charge >= 0.3 is 0 Å². The summed E-state index contributed by atoms with van der Waals surface area (Å²) in [4.78, 5) is 3.68. The van der Waals surface area contributed by atoms with Crippen molar-refractivity contribution in [3.63, 3.8) is 0 Å². The third-order valence-corrected chi connectivity index (χ3v) is 3.30. The zero-order valence-electron chi connectivity index (χ0n) is 9.11. The van der Waals surface area contributed by atoms with Crippen LogP contribution in [0.25, 0.3) is 5.69 Å². The molecule has 4 N–H and O–H groups in total. The summed E-state index contributed by atoms with van der Waals surface area (Å²) in [5.74, 6) is 0.178. The lowest BCUT2D eigenvalue weighted by Crippen LogP contribution is -2.14. The van der Waals surface area contributed by atoms with Crippen molar-refractivity contribution in [2.75, 3.05) is 5.73 Å². The summed E-state index contributed by atoms with van der Waals surface area (Å²) >= 11 is 0. The zero-order chi connectivity index (χ0) is 13.3. The number of nitrogens with zero attached hydrogens (tertiary/aromatic N) is 3. The number of rotatable bonds is 2. The van der Waals surface area contributed by atoms with E-state index in [1.807, 2.05) is 6.07 Å². The summed E-state index contributed by atoms with van der Waals surface area (Å²) in [6.45, 7) is 0. The van der Waals surface area contributed by atoms with Gasteiger partial charge in [-0.25, -0.2) is 18.5 Å². The van der Waals surface area contributed by atoms with Gasteiger partial charge in [-0.2, -0.15) is 5.26 Å². The van der Waals surface area contributed by atoms with Crippen LogP contribution in [0.15, 0.2) is 35.5 Å². The van der Waals surface area contributed by atoms with Crippen molar-refractivity contribution in [3.05, 3.63) is 36.4 Å². The molecule has 0 amide bonds. The van der Waals surface area contributed by atoms with Gasteiger partial charge < -0.3 is 5.73 Å². The molecule has 0 unspecified atom stereocenters. The van der Waals surface area contributed by atoms with Crippen molar-refractivity contribution >= 4 is 15.7 Å². The van der Waals surface area contributed by atoms with Gasteiger partial charge in [-0.15, -0.1) is 0 Å². The number of nitriles is 1. The van der Waals surface area contributed by atoms with Crippen LogP contribution >= 0.6 is 0 Å². The second-order valence-electron chi connectivity index (χ2n) is 3.50. The zero-order valence-corrected chi connectivity index (χ0v) is 9.92. The molecule has 0 aliphatic heterocycles. The van der Waals surface area contributed by atoms with Crippen LogP contribution in [-0.4, -0.2) is 18.0 Å². The average Bonchev–Trinajstić information content (AvgIpc) is 2.74. The van der Waals surface area contributed by atoms with Crippen molar-refractivity contribution in [1.82, 2.24) is 9.55 Å². The quantitative estimate of drug-likeness (QED) is 0.735. The molecule has 1 aromatic heterocycles. The van der Waals surface area contributed by atoms with Gasteiger partial charge in [-0.3, -0.25) is 4.57 Å². The molecule has 0 spiro atoms. The Kier molecular flexibility index (Phi) is 2.78. The lowest BCUT2D eigenvalue weighted by molar-refractivity contribution is 0.598. The lowest BCUT2D eigenvalue weighted by Gasteiger charge is -2.07. The number of anilines is 1. The molecular weight excluding hydrogens is 254 g/mol. The Morgan fingerprint density at radius 1 is 1.39 bits per heavy atom. The molecule has 0 fully saturated rings. The Labute approximate surface area is 103 Å². The maximum Gasteiger partial charge on any atom is 0.240 e. The fraction of sp³-hybridized carbons (Fsp3) is 0. The molecule has 18 heavy (non-hydrogen) atoms. The number of nitrogen functional groups attached to an aromatic ring is 1. The van der Waals surface area contributed by atoms with Crippen LogP contribution in [0.5, 0.6) is 0 Å². The van der Waals surface area contributed by atoms with E-state index in [1.165, 1.54) is 29.0 Å². The second kappa shape index (κ2) is 4.14. The van der Waals surface area contributed by atoms with Crippen LogP contribution in [0.2, 0.25) is 0 Å². The molecule has 2 rings (SSSR count). The molecule has 7 nitrogen and oxygen atoms in total. The Hall–Kier alpha value is -2.37. The van der Waals surface area contributed by atoms with Gasteiger partial charge in [0, 0.05) is 18.1 Å². The summed E-state index contributed by atoms with van der Waals surface area (Å²) in [5, 5.41) is 13.8. The van der Waals surface area contributed by atoms with Gasteiger partial charge in [0.25, 0.3) is 0 Å². The number of nitrogens with two attached hydrogens (primary N) is 2. The van der Waals surface area contributed by atoms with E-state index in [2.05, 4.69) is 4.98 Å². The molecule has 1 heterocycles. The number of imidazole rings is 1. The maximum atomic E-state index is 11.2. The Bertz CT molecular complexity index is 742. The number of hydrogen-bond acceptors (Lipinski definition) is 5. The summed E-state index contributed by atoms with van der Waals surface area (Å²) < 4.78 is 23.9. The van der Waals surface area contributed by atoms with Crippen molar-refractivity contribution < 1.29 is 8.42 Å². The van der Waals surface area contributed by atoms with Gasteiger partial charge in [-0.05, 0) is 18.2 Å². The van der Waals surface area contributed by atoms with Crippen LogP contribution in [0.3, 0.4) is 0 Å². The Morgan fingerprint density at radius 3 is 2.67 bits per heavy atom. The number of hydrogen-bond donors (Lipinski definition) is 2. The minimum Gasteiger partial charge on any atom is -0.398 e. The van der Waals surface area contributed by atoms with Crippen LogP contribution in [0.4, 0.5) is 5.69 Å². The summed E-state index contributed by atoms with van der Waals surface area (Å²) in [6, 6.07) is 6.12. The van der Waals surface area contributed by atoms with Gasteiger partial charge in [0.05, 0.1) is 5.69 Å². The van der Waals surface area contributed by atoms with Crippen LogP contribution in [-0.2, 0) is 10.0 Å². The number of benzene rings is 1. The SMILES string of the molecule is N#Cc1nccn1-c1ccc(S(N)(=O)=O)c(N)c1. The average molecular weight is 263 g/mol. The smallest absolute Gasteiger partial charge is 0.240 e. The van der Waals surface area contributed by atoms with Crippen LogP contribution in [0.1, 0.15) is 5.82 Å². The molecule has 0 atom stereocenters. The second-order valence-corrected chi connectivity index (χ2v) is 5.03. The first kappa shape index (κ1) is 12.1. The first-order valence-electron chi connectivity index (χ1n) is 4.79. The molecule has 92 valence electrons. The molecule has 2 aromatic rings. The molecule has 8 heteroatoms. The van der Waals surface area contributed by atoms with E-state index in [4.69, 9.17) is 16.1 Å². The van der Waals surface area contributed by atoms with Crippen molar-refractivity contribution in [2.45, 2.75) is 4.90 Å². The predicted octanol–water partition coefficient (Wildman–Crippen LogP) is -0.0264. The molecule has 0 aliphatic carbocycles. The highest BCUT2D eigenvalue weighted by Gasteiger charge is 2.13. The third kappa shape index (κ3) is 2.04. The van der Waals surface area contributed by atoms with E-state index in [-0.39, 0.29) is 16.4 Å². The molecule has 0 bridgehead atoms. The highest BCUT2D eigenvalue weighted by molar-refractivity contribution is 7.89. The van der Waals surface area contributed by atoms with Crippen molar-refractivity contribution in [2.24, 2.45) is 5.14 Å². The van der Waals surface area contributed by atoms with E-state index < -0.39 is 10.0 Å². The summed E-state index contributed by atoms with van der Waals surface area (Å²) in [7, 11) is -3.85. The van der Waals surface area contributed by atoms with E-state index in [0.29, 0.717) is 5.69 Å². The highest BCUT2D eigenvalue weighted by Crippen LogP contribution is 2.21. The topological polar surface area (TPSA) is 128 Å². The van der Waals surface area contributed by atoms with Crippen molar-refractivity contribution in [1.29, 1.82) is 5.26 Å². The fourth-order valence-corrected chi connectivity index (χ4v) is 2.18. The maximum absolute atomic E-state index is 11.2. The fourth-order valence-electron chi connectivity index (χ4n) is 1.54. The minimum absolute atomic E-state index is 0.0209. The normalized spacial score (nSPS) is 11.1. The first-order chi connectivity index (χ1) is 8.43. The standard InChI is InChI=1S/C10H9N5O2S/c11-6-10-14-3-4-15(10)7-1-2-9(8(12)5-7)18(13,16)17/h1-5H,12H2,(H2,13,16,17). The molecule has 0 radical (unpaired) electrons. The minimum atomic E-state index is -3.85. The van der Waals surface area contributed by atoms with Gasteiger partial charge in [0.1, 0.15) is 11.0 Å². The molecule has 0 aliphatic rings. The van der Waals surface area contributed by atoms with Gasteiger partial charge in [0.2, 0.25) is 15.8 Å². The molecule has 0 saturated heterocycles. The molecule has 1 aromatic carbocycles. The first-order valence-corrected chi connectivity index (χ1v) is 6.34. The highest BCUT2D eigenvalue weighted by atomic mass is 32.2. The number of sulfonamides is 1. The lowest BCUT2D eigenvalue weighted by atomic mass is 10.3. The van der Waals surface area contributed by atoms with E-state index in [9.17, 15) is 8.42 Å². The Balaban J connectivity index is 2.58. The van der Waals surface area contributed by atoms with E-state index in [1.54, 1.807) is 6.20 Å². The summed E-state index contributed by atoms with van der Waals surface area (Å²) in [6.07, 6.45) is 3.03. The van der Waals surface area contributed by atoms with Crippen molar-refractivity contribution in [3.8, 4) is 11.8 Å². The van der Waals surface area contributed by atoms with Gasteiger partial charge in [-0.1, -0.05) is 0 Å². The van der Waals surface area contributed by atoms with Gasteiger partial charge in [0.15, 0.2) is 0 Å². The molecular formula is C10H9N5O2S. The van der Waals surface area contributed by atoms with Crippen LogP contribution in [0, 0.1) is 11.3 Å². The number of primary sulfonamides is 1. The largest absolute Gasteiger partial charge is 0.398 e. The summed E-state index contributed by atoms with van der Waals surface area (Å²) in [5.41, 5.74) is 6.19. The monoisotopic (exact) mass is 263 g/mol.